The Kier molecular flexibility index (Phi) is 5.24. The number of hydrogen-bond acceptors (Lipinski definition) is 3. The minimum absolute atomic E-state index is 0.880. The summed E-state index contributed by atoms with van der Waals surface area (Å²) in [4.78, 5) is 0. The second-order valence-corrected chi connectivity index (χ2v) is 4.94. The second kappa shape index (κ2) is 6.22. The number of anilines is 1. The SMILES string of the molecule is Nc1cccc2cc[c]([Na])cc12.O=[SH](=O)O. The Balaban J connectivity index is 0.000000280. The van der Waals surface area contributed by atoms with E-state index in [4.69, 9.17) is 18.7 Å². The molecule has 2 rings (SSSR count). The number of rotatable bonds is 0. The predicted octanol–water partition coefficient (Wildman–Crippen LogP) is 0.287. The predicted molar refractivity (Wildman–Crippen MR) is 66.7 cm³/mol. The first-order chi connectivity index (χ1) is 7.50. The molecule has 0 saturated carbocycles. The summed E-state index contributed by atoms with van der Waals surface area (Å²) < 4.78 is 25.6. The molecule has 3 N–H and O–H groups in total. The van der Waals surface area contributed by atoms with E-state index in [0.29, 0.717) is 0 Å². The van der Waals surface area contributed by atoms with Gasteiger partial charge in [-0.1, -0.05) is 0 Å². The molecule has 0 amide bonds. The van der Waals surface area contributed by atoms with Crippen molar-refractivity contribution in [2.45, 2.75) is 0 Å². The molecule has 0 saturated heterocycles. The van der Waals surface area contributed by atoms with Gasteiger partial charge in [0.15, 0.2) is 0 Å². The fraction of sp³-hybridized carbons (Fsp3) is 0. The summed E-state index contributed by atoms with van der Waals surface area (Å²) in [5.74, 6) is 0. The summed E-state index contributed by atoms with van der Waals surface area (Å²) >= 11 is 1.09. The van der Waals surface area contributed by atoms with Crippen LogP contribution in [0, 0.1) is 0 Å². The maximum atomic E-state index is 8.59. The molecule has 0 aliphatic rings. The summed E-state index contributed by atoms with van der Waals surface area (Å²) in [7, 11) is -3.12. The van der Waals surface area contributed by atoms with Crippen molar-refractivity contribution in [2.75, 3.05) is 5.73 Å². The van der Waals surface area contributed by atoms with Gasteiger partial charge < -0.3 is 0 Å². The first kappa shape index (κ1) is 13.5. The summed E-state index contributed by atoms with van der Waals surface area (Å²) in [6.07, 6.45) is 0. The van der Waals surface area contributed by atoms with Gasteiger partial charge in [-0.2, -0.15) is 0 Å². The van der Waals surface area contributed by atoms with Gasteiger partial charge in [-0.25, -0.2) is 8.42 Å². The van der Waals surface area contributed by atoms with Crippen molar-refractivity contribution in [3.63, 3.8) is 0 Å². The number of fused-ring (bicyclic) bond motifs is 1. The molecule has 0 aromatic heterocycles. The van der Waals surface area contributed by atoms with Crippen LogP contribution in [0.15, 0.2) is 36.4 Å². The molecule has 16 heavy (non-hydrogen) atoms. The van der Waals surface area contributed by atoms with E-state index in [2.05, 4.69) is 24.3 Å². The third-order valence-corrected chi connectivity index (χ3v) is 2.69. The number of nitrogens with two attached hydrogens (primary N) is 1. The largest absolute Gasteiger partial charge is 0.288 e. The van der Waals surface area contributed by atoms with Gasteiger partial charge in [-0.15, -0.1) is 0 Å². The Bertz CT molecular complexity index is 561. The second-order valence-electron chi connectivity index (χ2n) is 3.31. The van der Waals surface area contributed by atoms with Gasteiger partial charge in [0.25, 0.3) is 11.0 Å². The zero-order valence-corrected chi connectivity index (χ0v) is 11.6. The van der Waals surface area contributed by atoms with E-state index < -0.39 is 11.0 Å². The molecule has 0 fully saturated rings. The molecule has 0 atom stereocenters. The molecule has 2 aromatic rings. The Hall–Kier alpha value is -0.590. The quantitative estimate of drug-likeness (QED) is 0.270. The van der Waals surface area contributed by atoms with Crippen molar-refractivity contribution in [3.05, 3.63) is 36.4 Å². The van der Waals surface area contributed by atoms with Crippen LogP contribution >= 0.6 is 0 Å². The molecular weight excluding hydrogens is 237 g/mol. The van der Waals surface area contributed by atoms with Crippen LogP contribution in [0.1, 0.15) is 0 Å². The van der Waals surface area contributed by atoms with Crippen molar-refractivity contribution in [2.24, 2.45) is 0 Å². The zero-order valence-electron chi connectivity index (χ0n) is 8.75. The van der Waals surface area contributed by atoms with Gasteiger partial charge in [0.1, 0.15) is 0 Å². The van der Waals surface area contributed by atoms with Crippen LogP contribution in [0.25, 0.3) is 10.8 Å². The smallest absolute Gasteiger partial charge is 0.254 e. The van der Waals surface area contributed by atoms with E-state index >= 15 is 0 Å². The third kappa shape index (κ3) is 4.11. The Morgan fingerprint density at radius 2 is 1.81 bits per heavy atom. The van der Waals surface area contributed by atoms with E-state index in [1.807, 2.05) is 12.1 Å². The zero-order chi connectivity index (χ0) is 12.1. The fourth-order valence-corrected chi connectivity index (χ4v) is 1.87. The molecular formula is C10H10NNaO3S. The van der Waals surface area contributed by atoms with Gasteiger partial charge >= 0.3 is 89.3 Å². The summed E-state index contributed by atoms with van der Waals surface area (Å²) in [5, 5.41) is 2.42. The fourth-order valence-electron chi connectivity index (χ4n) is 1.41. The van der Waals surface area contributed by atoms with Gasteiger partial charge in [-0.05, 0) is 0 Å². The van der Waals surface area contributed by atoms with Gasteiger partial charge in [-0.3, -0.25) is 4.55 Å². The van der Waals surface area contributed by atoms with Gasteiger partial charge in [0, 0.05) is 0 Å². The average molecular weight is 247 g/mol. The first-order valence-electron chi connectivity index (χ1n) is 4.59. The van der Waals surface area contributed by atoms with Crippen LogP contribution < -0.4 is 8.55 Å². The van der Waals surface area contributed by atoms with Crippen LogP contribution in [0.2, 0.25) is 0 Å². The summed E-state index contributed by atoms with van der Waals surface area (Å²) in [6.45, 7) is 0. The summed E-state index contributed by atoms with van der Waals surface area (Å²) in [6, 6.07) is 12.5. The third-order valence-electron chi connectivity index (χ3n) is 2.07. The van der Waals surface area contributed by atoms with Crippen LogP contribution in [0.4, 0.5) is 5.69 Å². The maximum absolute atomic E-state index is 8.59. The summed E-state index contributed by atoms with van der Waals surface area (Å²) in [5.41, 5.74) is 6.72. The minimum Gasteiger partial charge on any atom is -0.288 e. The van der Waals surface area contributed by atoms with Crippen molar-refractivity contribution in [3.8, 4) is 0 Å². The van der Waals surface area contributed by atoms with Crippen molar-refractivity contribution in [1.82, 2.24) is 0 Å². The molecule has 2 aromatic carbocycles. The Morgan fingerprint density at radius 3 is 2.44 bits per heavy atom. The van der Waals surface area contributed by atoms with E-state index in [9.17, 15) is 0 Å². The molecule has 0 bridgehead atoms. The molecule has 0 aliphatic heterocycles. The number of hydrogen-bond donors (Lipinski definition) is 3. The normalized spacial score (nSPS) is 10.0. The van der Waals surface area contributed by atoms with E-state index in [-0.39, 0.29) is 0 Å². The van der Waals surface area contributed by atoms with E-state index in [1.165, 1.54) is 13.6 Å². The average Bonchev–Trinajstić information content (AvgIpc) is 2.18. The van der Waals surface area contributed by atoms with Crippen LogP contribution in [-0.4, -0.2) is 40.9 Å². The number of nitrogen functional groups attached to an aromatic ring is 1. The van der Waals surface area contributed by atoms with Crippen molar-refractivity contribution >= 4 is 58.2 Å². The standard InChI is InChI=1S/C10H8N.Na.H2O3S/c11-10-7-3-5-8-4-1-2-6-9(8)10;;1-4(2)3/h1,3-7H,11H2;;4H,(H,1,2,3). The molecule has 80 valence electrons. The Labute approximate surface area is 113 Å². The molecule has 6 heteroatoms. The van der Waals surface area contributed by atoms with Crippen LogP contribution in [-0.2, 0) is 11.0 Å². The van der Waals surface area contributed by atoms with Crippen molar-refractivity contribution < 1.29 is 13.0 Å². The Morgan fingerprint density at radius 1 is 1.19 bits per heavy atom. The van der Waals surface area contributed by atoms with Gasteiger partial charge in [0.05, 0.1) is 0 Å². The number of benzene rings is 2. The van der Waals surface area contributed by atoms with Gasteiger partial charge in [0.2, 0.25) is 0 Å². The molecule has 0 unspecified atom stereocenters. The minimum atomic E-state index is -3.12. The van der Waals surface area contributed by atoms with E-state index in [1.54, 1.807) is 0 Å². The van der Waals surface area contributed by atoms with E-state index in [0.717, 1.165) is 33.6 Å². The monoisotopic (exact) mass is 247 g/mol. The maximum Gasteiger partial charge on any atom is 0.254 e. The molecule has 0 radical (unpaired) electrons. The first-order valence-corrected chi connectivity index (χ1v) is 6.72. The van der Waals surface area contributed by atoms with Crippen LogP contribution in [0.5, 0.6) is 0 Å². The molecule has 0 spiro atoms. The molecule has 0 aliphatic carbocycles. The number of thiol groups is 1. The molecule has 0 heterocycles. The van der Waals surface area contributed by atoms with Crippen molar-refractivity contribution in [1.29, 1.82) is 0 Å². The molecule has 4 nitrogen and oxygen atoms in total. The topological polar surface area (TPSA) is 80.4 Å². The van der Waals surface area contributed by atoms with Crippen LogP contribution in [0.3, 0.4) is 0 Å².